The lowest BCUT2D eigenvalue weighted by Gasteiger charge is -2.35. The normalized spacial score (nSPS) is 25.7. The molecule has 1 N–H and O–H groups in total. The van der Waals surface area contributed by atoms with Gasteiger partial charge >= 0.3 is 5.97 Å². The summed E-state index contributed by atoms with van der Waals surface area (Å²) in [5.41, 5.74) is 2.17. The Labute approximate surface area is 148 Å². The van der Waals surface area contributed by atoms with Crippen molar-refractivity contribution in [2.45, 2.75) is 25.4 Å². The van der Waals surface area contributed by atoms with Crippen molar-refractivity contribution in [2.24, 2.45) is 20.6 Å². The summed E-state index contributed by atoms with van der Waals surface area (Å²) in [6, 6.07) is 5.40. The van der Waals surface area contributed by atoms with E-state index in [0.717, 1.165) is 35.6 Å². The van der Waals surface area contributed by atoms with Crippen LogP contribution >= 0.6 is 0 Å². The van der Waals surface area contributed by atoms with Gasteiger partial charge in [0.1, 0.15) is 11.4 Å². The molecule has 2 fully saturated rings. The number of ether oxygens (including phenoxy) is 1. The van der Waals surface area contributed by atoms with Crippen molar-refractivity contribution in [3.63, 3.8) is 0 Å². The molecule has 0 radical (unpaired) electrons. The van der Waals surface area contributed by atoms with Crippen LogP contribution in [0.1, 0.15) is 29.6 Å². The summed E-state index contributed by atoms with van der Waals surface area (Å²) in [4.78, 5) is 25.9. The maximum absolute atomic E-state index is 12.7. The van der Waals surface area contributed by atoms with E-state index in [1.54, 1.807) is 12.1 Å². The van der Waals surface area contributed by atoms with Gasteiger partial charge in [-0.05, 0) is 43.4 Å². The Morgan fingerprint density at radius 3 is 2.68 bits per heavy atom. The lowest BCUT2D eigenvalue weighted by atomic mass is 9.84. The molecule has 1 aromatic carbocycles. The zero-order chi connectivity index (χ0) is 17.4. The third kappa shape index (κ3) is 3.11. The number of nitrogens with zero attached hydrogens (tertiary/aromatic N) is 3. The van der Waals surface area contributed by atoms with E-state index in [1.165, 1.54) is 0 Å². The Kier molecular flexibility index (Phi) is 4.39. The fraction of sp³-hybridized carbons (Fsp3) is 0.529. The first-order valence-corrected chi connectivity index (χ1v) is 9.22. The molecule has 3 aliphatic rings. The molecule has 3 heterocycles. The molecule has 0 spiro atoms. The molecular formula is C17H19N3O4S. The fourth-order valence-electron chi connectivity index (χ4n) is 3.87. The van der Waals surface area contributed by atoms with Crippen LogP contribution in [0.4, 0.5) is 11.4 Å². The van der Waals surface area contributed by atoms with Crippen molar-refractivity contribution in [1.82, 2.24) is 4.90 Å². The summed E-state index contributed by atoms with van der Waals surface area (Å²) < 4.78 is 14.0. The summed E-state index contributed by atoms with van der Waals surface area (Å²) in [7, 11) is 0. The number of carbonyl (C=O) groups is 2. The fourth-order valence-corrected chi connectivity index (χ4v) is 4.39. The number of rotatable bonds is 3. The van der Waals surface area contributed by atoms with Crippen LogP contribution in [-0.2, 0) is 20.9 Å². The van der Waals surface area contributed by atoms with E-state index < -0.39 is 11.9 Å². The molecule has 0 aromatic heterocycles. The Balaban J connectivity index is 1.39. The van der Waals surface area contributed by atoms with Gasteiger partial charge in [0.15, 0.2) is 0 Å². The molecule has 7 nitrogen and oxygen atoms in total. The molecule has 0 saturated carbocycles. The molecule has 8 heteroatoms. The molecule has 1 unspecified atom stereocenters. The minimum Gasteiger partial charge on any atom is -0.481 e. The minimum atomic E-state index is -0.772. The van der Waals surface area contributed by atoms with E-state index in [4.69, 9.17) is 4.74 Å². The summed E-state index contributed by atoms with van der Waals surface area (Å²) in [6.45, 7) is 1.77. The topological polar surface area (TPSA) is 91.6 Å². The van der Waals surface area contributed by atoms with E-state index in [0.29, 0.717) is 31.7 Å². The van der Waals surface area contributed by atoms with E-state index in [-0.39, 0.29) is 17.9 Å². The highest BCUT2D eigenvalue weighted by atomic mass is 32.1. The first-order chi connectivity index (χ1) is 12.1. The third-order valence-electron chi connectivity index (χ3n) is 5.25. The summed E-state index contributed by atoms with van der Waals surface area (Å²) in [5, 5.41) is 9.32. The number of carboxylic acids is 1. The molecule has 2 saturated heterocycles. The molecule has 1 aromatic rings. The molecular weight excluding hydrogens is 342 g/mol. The first-order valence-electron chi connectivity index (χ1n) is 8.49. The number of fused-ring (bicyclic) bond motifs is 1. The Bertz CT molecular complexity index is 782. The maximum atomic E-state index is 12.7. The Morgan fingerprint density at radius 2 is 1.92 bits per heavy atom. The molecule has 3 aliphatic heterocycles. The van der Waals surface area contributed by atoms with Gasteiger partial charge in [-0.15, -0.1) is 0 Å². The van der Waals surface area contributed by atoms with Crippen molar-refractivity contribution in [3.05, 3.63) is 23.8 Å². The zero-order valence-electron chi connectivity index (χ0n) is 13.6. The van der Waals surface area contributed by atoms with Gasteiger partial charge in [-0.2, -0.15) is 8.73 Å². The largest absolute Gasteiger partial charge is 0.481 e. The number of hydrogen-bond donors (Lipinski definition) is 1. The summed E-state index contributed by atoms with van der Waals surface area (Å²) in [6.07, 6.45) is 1.93. The first kappa shape index (κ1) is 16.4. The van der Waals surface area contributed by atoms with Gasteiger partial charge < -0.3 is 14.7 Å². The monoisotopic (exact) mass is 361 g/mol. The van der Waals surface area contributed by atoms with E-state index in [2.05, 4.69) is 8.73 Å². The minimum absolute atomic E-state index is 0.00419. The van der Waals surface area contributed by atoms with E-state index in [9.17, 15) is 14.7 Å². The highest BCUT2D eigenvalue weighted by molar-refractivity contribution is 7.58. The standard InChI is InChI=1S/C17H19N3O4S/c21-16(11-1-2-13-14(9-11)19-25-18-13)20-6-3-10(4-7-20)15-12(17(22)23)5-8-24-15/h1-2,9-10,12,15H,3-8H2,(H,22,23)/t12?,15-/m0/s1. The second kappa shape index (κ2) is 6.68. The molecule has 0 aliphatic carbocycles. The Morgan fingerprint density at radius 1 is 1.16 bits per heavy atom. The number of benzene rings is 1. The predicted molar refractivity (Wildman–Crippen MR) is 92.1 cm³/mol. The maximum Gasteiger partial charge on any atom is 0.309 e. The number of carboxylic acid groups (broad SMARTS) is 1. The highest BCUT2D eigenvalue weighted by Crippen LogP contribution is 2.35. The lowest BCUT2D eigenvalue weighted by molar-refractivity contribution is -0.145. The van der Waals surface area contributed by atoms with Crippen LogP contribution in [-0.4, -0.2) is 47.7 Å². The van der Waals surface area contributed by atoms with Crippen LogP contribution in [0, 0.1) is 11.8 Å². The van der Waals surface area contributed by atoms with Gasteiger partial charge in [0, 0.05) is 25.3 Å². The third-order valence-corrected chi connectivity index (χ3v) is 5.80. The van der Waals surface area contributed by atoms with Gasteiger partial charge in [-0.1, -0.05) is 0 Å². The quantitative estimate of drug-likeness (QED) is 0.910. The molecule has 25 heavy (non-hydrogen) atoms. The van der Waals surface area contributed by atoms with E-state index in [1.807, 2.05) is 11.0 Å². The number of amides is 1. The van der Waals surface area contributed by atoms with Crippen molar-refractivity contribution >= 4 is 34.6 Å². The molecule has 4 rings (SSSR count). The second-order valence-electron chi connectivity index (χ2n) is 6.67. The van der Waals surface area contributed by atoms with Gasteiger partial charge in [0.2, 0.25) is 0 Å². The van der Waals surface area contributed by atoms with Crippen molar-refractivity contribution in [3.8, 4) is 0 Å². The van der Waals surface area contributed by atoms with Gasteiger partial charge in [0.05, 0.1) is 23.4 Å². The molecule has 0 bridgehead atoms. The summed E-state index contributed by atoms with van der Waals surface area (Å²) in [5.74, 6) is -0.980. The SMILES string of the molecule is O=C(O)C1CCO[C@H]1C1CCN(C(=O)c2ccc3c(c2)N=S=N3)CC1. The number of aliphatic carboxylic acids is 1. The van der Waals surface area contributed by atoms with Crippen molar-refractivity contribution in [2.75, 3.05) is 19.7 Å². The lowest BCUT2D eigenvalue weighted by Crippen LogP contribution is -2.43. The van der Waals surface area contributed by atoms with Gasteiger partial charge in [0.25, 0.3) is 5.91 Å². The number of piperidine rings is 1. The Hall–Kier alpha value is -2.06. The van der Waals surface area contributed by atoms with Crippen LogP contribution in [0.2, 0.25) is 0 Å². The van der Waals surface area contributed by atoms with Gasteiger partial charge in [-0.25, -0.2) is 0 Å². The second-order valence-corrected chi connectivity index (χ2v) is 7.19. The van der Waals surface area contributed by atoms with Crippen LogP contribution < -0.4 is 0 Å². The number of carbonyl (C=O) groups excluding carboxylic acids is 1. The zero-order valence-corrected chi connectivity index (χ0v) is 14.4. The van der Waals surface area contributed by atoms with Crippen molar-refractivity contribution < 1.29 is 19.4 Å². The number of hydrogen-bond acceptors (Lipinski definition) is 5. The van der Waals surface area contributed by atoms with Crippen molar-refractivity contribution in [1.29, 1.82) is 0 Å². The van der Waals surface area contributed by atoms with Gasteiger partial charge in [-0.3, -0.25) is 9.59 Å². The van der Waals surface area contributed by atoms with Crippen LogP contribution in [0.25, 0.3) is 0 Å². The average molecular weight is 361 g/mol. The number of likely N-dealkylation sites (tertiary alicyclic amines) is 1. The smallest absolute Gasteiger partial charge is 0.309 e. The van der Waals surface area contributed by atoms with Crippen LogP contribution in [0.15, 0.2) is 26.9 Å². The molecule has 132 valence electrons. The summed E-state index contributed by atoms with van der Waals surface area (Å²) >= 11 is 1.14. The van der Waals surface area contributed by atoms with Crippen LogP contribution in [0.3, 0.4) is 0 Å². The molecule has 1 amide bonds. The van der Waals surface area contributed by atoms with Crippen LogP contribution in [0.5, 0.6) is 0 Å². The predicted octanol–water partition coefficient (Wildman–Crippen LogP) is 2.75. The van der Waals surface area contributed by atoms with E-state index >= 15 is 0 Å². The average Bonchev–Trinajstić information content (AvgIpc) is 3.29. The highest BCUT2D eigenvalue weighted by Gasteiger charge is 2.40. The molecule has 2 atom stereocenters.